The summed E-state index contributed by atoms with van der Waals surface area (Å²) in [5, 5.41) is 7.02. The smallest absolute Gasteiger partial charge is 0.254 e. The fraction of sp³-hybridized carbons (Fsp3) is 0.667. The van der Waals surface area contributed by atoms with Crippen LogP contribution in [0.1, 0.15) is 39.2 Å². The summed E-state index contributed by atoms with van der Waals surface area (Å²) in [4.78, 5) is 25.5. The van der Waals surface area contributed by atoms with Crippen molar-refractivity contribution in [2.75, 3.05) is 25.0 Å². The lowest BCUT2D eigenvalue weighted by Crippen LogP contribution is -2.45. The summed E-state index contributed by atoms with van der Waals surface area (Å²) >= 11 is 0. The standard InChI is InChI=1S/C15H22N4O3/c1-11(20)16-13-5-8-19(17-13)12-4-7-18(10-12)14(21)15(2)6-3-9-22-15/h5,8,12H,3-4,6-7,9-10H2,1-2H3,(H,16,17,20)/t12-,15+/m0/s1. The topological polar surface area (TPSA) is 76.5 Å². The molecule has 0 unspecified atom stereocenters. The number of ether oxygens (including phenoxy) is 1. The monoisotopic (exact) mass is 306 g/mol. The van der Waals surface area contributed by atoms with Crippen LogP contribution in [0.25, 0.3) is 0 Å². The zero-order valence-corrected chi connectivity index (χ0v) is 13.0. The van der Waals surface area contributed by atoms with Crippen LogP contribution in [0.5, 0.6) is 0 Å². The molecule has 2 fully saturated rings. The molecule has 120 valence electrons. The minimum absolute atomic E-state index is 0.0849. The first-order chi connectivity index (χ1) is 10.5. The third-order valence-corrected chi connectivity index (χ3v) is 4.41. The second kappa shape index (κ2) is 5.72. The minimum Gasteiger partial charge on any atom is -0.365 e. The Morgan fingerprint density at radius 2 is 2.32 bits per heavy atom. The summed E-state index contributed by atoms with van der Waals surface area (Å²) in [6, 6.07) is 1.92. The number of hydrogen-bond acceptors (Lipinski definition) is 4. The van der Waals surface area contributed by atoms with Gasteiger partial charge >= 0.3 is 0 Å². The number of carbonyl (C=O) groups is 2. The van der Waals surface area contributed by atoms with Crippen LogP contribution in [0.4, 0.5) is 5.82 Å². The van der Waals surface area contributed by atoms with Crippen LogP contribution in [0.15, 0.2) is 12.3 Å². The van der Waals surface area contributed by atoms with E-state index in [9.17, 15) is 9.59 Å². The van der Waals surface area contributed by atoms with Gasteiger partial charge in [0.25, 0.3) is 5.91 Å². The van der Waals surface area contributed by atoms with E-state index in [0.717, 1.165) is 25.8 Å². The highest BCUT2D eigenvalue weighted by molar-refractivity contribution is 5.87. The van der Waals surface area contributed by atoms with Crippen molar-refractivity contribution in [3.8, 4) is 0 Å². The van der Waals surface area contributed by atoms with Crippen molar-refractivity contribution in [2.24, 2.45) is 0 Å². The van der Waals surface area contributed by atoms with Gasteiger partial charge in [-0.05, 0) is 26.2 Å². The lowest BCUT2D eigenvalue weighted by molar-refractivity contribution is -0.149. The summed E-state index contributed by atoms with van der Waals surface area (Å²) in [5.41, 5.74) is -0.652. The van der Waals surface area contributed by atoms with Crippen molar-refractivity contribution in [1.29, 1.82) is 0 Å². The van der Waals surface area contributed by atoms with Crippen molar-refractivity contribution < 1.29 is 14.3 Å². The lowest BCUT2D eigenvalue weighted by Gasteiger charge is -2.28. The average molecular weight is 306 g/mol. The first-order valence-corrected chi connectivity index (χ1v) is 7.74. The van der Waals surface area contributed by atoms with Gasteiger partial charge in [-0.2, -0.15) is 5.10 Å². The van der Waals surface area contributed by atoms with Gasteiger partial charge in [-0.15, -0.1) is 0 Å². The molecule has 2 saturated heterocycles. The molecule has 0 spiro atoms. The fourth-order valence-electron chi connectivity index (χ4n) is 3.21. The van der Waals surface area contributed by atoms with Crippen LogP contribution >= 0.6 is 0 Å². The molecule has 1 N–H and O–H groups in total. The predicted octanol–water partition coefficient (Wildman–Crippen LogP) is 1.18. The number of anilines is 1. The largest absolute Gasteiger partial charge is 0.365 e. The van der Waals surface area contributed by atoms with Crippen LogP contribution in [-0.2, 0) is 14.3 Å². The molecule has 2 atom stereocenters. The van der Waals surface area contributed by atoms with Crippen molar-refractivity contribution in [3.05, 3.63) is 12.3 Å². The maximum absolute atomic E-state index is 12.6. The van der Waals surface area contributed by atoms with Crippen molar-refractivity contribution >= 4 is 17.6 Å². The van der Waals surface area contributed by atoms with Crippen LogP contribution in [-0.4, -0.2) is 51.8 Å². The Morgan fingerprint density at radius 1 is 1.50 bits per heavy atom. The highest BCUT2D eigenvalue weighted by Crippen LogP contribution is 2.30. The Morgan fingerprint density at radius 3 is 3.00 bits per heavy atom. The number of amides is 2. The number of aromatic nitrogens is 2. The molecule has 22 heavy (non-hydrogen) atoms. The zero-order valence-electron chi connectivity index (χ0n) is 13.0. The molecular formula is C15H22N4O3. The van der Waals surface area contributed by atoms with Gasteiger partial charge in [-0.1, -0.05) is 0 Å². The molecule has 7 heteroatoms. The average Bonchev–Trinajstić information content (AvgIpc) is 3.17. The summed E-state index contributed by atoms with van der Waals surface area (Å²) in [7, 11) is 0. The third kappa shape index (κ3) is 2.85. The van der Waals surface area contributed by atoms with Crippen LogP contribution in [0.3, 0.4) is 0 Å². The van der Waals surface area contributed by atoms with Crippen LogP contribution in [0.2, 0.25) is 0 Å². The Labute approximate surface area is 129 Å². The number of rotatable bonds is 3. The molecule has 0 bridgehead atoms. The molecule has 2 aliphatic rings. The van der Waals surface area contributed by atoms with E-state index >= 15 is 0 Å². The first-order valence-electron chi connectivity index (χ1n) is 7.74. The molecule has 2 aliphatic heterocycles. The predicted molar refractivity (Wildman–Crippen MR) is 80.4 cm³/mol. The Hall–Kier alpha value is -1.89. The summed E-state index contributed by atoms with van der Waals surface area (Å²) in [5.74, 6) is 0.491. The molecule has 3 heterocycles. The van der Waals surface area contributed by atoms with Gasteiger partial charge in [0.15, 0.2) is 5.82 Å². The molecule has 2 amide bonds. The molecule has 3 rings (SSSR count). The molecule has 1 aromatic rings. The van der Waals surface area contributed by atoms with E-state index < -0.39 is 5.60 Å². The number of likely N-dealkylation sites (tertiary alicyclic amines) is 1. The number of hydrogen-bond donors (Lipinski definition) is 1. The van der Waals surface area contributed by atoms with E-state index in [1.165, 1.54) is 6.92 Å². The van der Waals surface area contributed by atoms with Gasteiger partial charge in [0.1, 0.15) is 5.60 Å². The molecule has 0 aliphatic carbocycles. The first kappa shape index (κ1) is 15.0. The van der Waals surface area contributed by atoms with Crippen molar-refractivity contribution in [3.63, 3.8) is 0 Å². The SMILES string of the molecule is CC(=O)Nc1ccn([C@H]2CCN(C(=O)[C@@]3(C)CCCO3)C2)n1. The summed E-state index contributed by atoms with van der Waals surface area (Å²) in [6.07, 6.45) is 4.45. The van der Waals surface area contributed by atoms with Gasteiger partial charge in [0.05, 0.1) is 6.04 Å². The number of nitrogens with one attached hydrogen (secondary N) is 1. The highest BCUT2D eigenvalue weighted by Gasteiger charge is 2.42. The third-order valence-electron chi connectivity index (χ3n) is 4.41. The van der Waals surface area contributed by atoms with Gasteiger partial charge in [0, 0.05) is 38.9 Å². The molecular weight excluding hydrogens is 284 g/mol. The normalized spacial score (nSPS) is 28.1. The van der Waals surface area contributed by atoms with Gasteiger partial charge in [-0.25, -0.2) is 0 Å². The van der Waals surface area contributed by atoms with Crippen molar-refractivity contribution in [1.82, 2.24) is 14.7 Å². The molecule has 0 aromatic carbocycles. The summed E-state index contributed by atoms with van der Waals surface area (Å²) < 4.78 is 7.47. The Balaban J connectivity index is 1.63. The van der Waals surface area contributed by atoms with E-state index in [-0.39, 0.29) is 17.9 Å². The maximum Gasteiger partial charge on any atom is 0.254 e. The molecule has 0 saturated carbocycles. The van der Waals surface area contributed by atoms with Gasteiger partial charge in [0.2, 0.25) is 5.91 Å². The second-order valence-corrected chi connectivity index (χ2v) is 6.24. The number of nitrogens with zero attached hydrogens (tertiary/aromatic N) is 3. The lowest BCUT2D eigenvalue weighted by atomic mass is 10.0. The van der Waals surface area contributed by atoms with Gasteiger partial charge in [-0.3, -0.25) is 14.3 Å². The zero-order chi connectivity index (χ0) is 15.7. The minimum atomic E-state index is -0.652. The molecule has 7 nitrogen and oxygen atoms in total. The van der Waals surface area contributed by atoms with E-state index in [4.69, 9.17) is 4.74 Å². The highest BCUT2D eigenvalue weighted by atomic mass is 16.5. The van der Waals surface area contributed by atoms with E-state index in [1.54, 1.807) is 6.07 Å². The Kier molecular flexibility index (Phi) is 3.90. The quantitative estimate of drug-likeness (QED) is 0.910. The second-order valence-electron chi connectivity index (χ2n) is 6.24. The Bertz CT molecular complexity index is 577. The van der Waals surface area contributed by atoms with E-state index in [0.29, 0.717) is 19.0 Å². The van der Waals surface area contributed by atoms with Crippen LogP contribution < -0.4 is 5.32 Å². The summed E-state index contributed by atoms with van der Waals surface area (Å²) in [6.45, 7) is 5.37. The van der Waals surface area contributed by atoms with Crippen LogP contribution in [0, 0.1) is 0 Å². The number of carbonyl (C=O) groups excluding carboxylic acids is 2. The van der Waals surface area contributed by atoms with Crippen molar-refractivity contribution in [2.45, 2.75) is 44.8 Å². The molecule has 1 aromatic heterocycles. The maximum atomic E-state index is 12.6. The molecule has 0 radical (unpaired) electrons. The van der Waals surface area contributed by atoms with E-state index in [2.05, 4.69) is 10.4 Å². The van der Waals surface area contributed by atoms with E-state index in [1.807, 2.05) is 22.7 Å². The fourth-order valence-corrected chi connectivity index (χ4v) is 3.21. The van der Waals surface area contributed by atoms with Gasteiger partial charge < -0.3 is 15.0 Å².